The molecule has 4 nitrogen and oxygen atoms in total. The highest BCUT2D eigenvalue weighted by molar-refractivity contribution is 7.80. The van der Waals surface area contributed by atoms with Gasteiger partial charge in [-0.15, -0.1) is 12.6 Å². The van der Waals surface area contributed by atoms with E-state index in [-0.39, 0.29) is 0 Å². The Hall–Kier alpha value is -2.19. The molecule has 0 heterocycles. The first-order valence-corrected chi connectivity index (χ1v) is 7.64. The van der Waals surface area contributed by atoms with Crippen LogP contribution in [-0.4, -0.2) is 13.2 Å². The van der Waals surface area contributed by atoms with Gasteiger partial charge in [0.1, 0.15) is 11.3 Å². The zero-order valence-corrected chi connectivity index (χ0v) is 13.9. The molecule has 2 rings (SSSR count). The lowest BCUT2D eigenvalue weighted by atomic mass is 10.0. The number of nitrogens with zero attached hydrogens (tertiary/aromatic N) is 2. The minimum absolute atomic E-state index is 0.335. The molecule has 2 aromatic carbocycles. The summed E-state index contributed by atoms with van der Waals surface area (Å²) >= 11 is 4.42. The minimum Gasteiger partial charge on any atom is -0.493 e. The second kappa shape index (κ2) is 7.19. The number of thiol groups is 1. The van der Waals surface area contributed by atoms with E-state index in [9.17, 15) is 5.39 Å². The quantitative estimate of drug-likeness (QED) is 0.607. The van der Waals surface area contributed by atoms with E-state index in [1.54, 1.807) is 6.07 Å². The predicted molar refractivity (Wildman–Crippen MR) is 90.9 cm³/mol. The maximum absolute atomic E-state index is 9.51. The average molecular weight is 315 g/mol. The highest BCUT2D eigenvalue weighted by Gasteiger charge is 2.30. The summed E-state index contributed by atoms with van der Waals surface area (Å²) in [5.74, 6) is 1.07. The van der Waals surface area contributed by atoms with Gasteiger partial charge < -0.3 is 9.47 Å². The van der Waals surface area contributed by atoms with Crippen molar-refractivity contribution >= 4 is 18.3 Å². The van der Waals surface area contributed by atoms with E-state index in [0.717, 1.165) is 11.1 Å². The van der Waals surface area contributed by atoms with Gasteiger partial charge in [-0.05, 0) is 32.4 Å². The second-order valence-electron chi connectivity index (χ2n) is 4.78. The van der Waals surface area contributed by atoms with Crippen LogP contribution in [0, 0.1) is 12.3 Å². The van der Waals surface area contributed by atoms with Crippen LogP contribution in [0.2, 0.25) is 0 Å². The average Bonchev–Trinajstić information content (AvgIpc) is 2.51. The fraction of sp³-hybridized carbons (Fsp3) is 0.294. The van der Waals surface area contributed by atoms with E-state index in [1.165, 1.54) is 0 Å². The van der Waals surface area contributed by atoms with Gasteiger partial charge in [-0.1, -0.05) is 29.8 Å². The SMILES string of the molecule is CCOc1cc(S)c(OCC)c([N+]#N)c1-c1ccc(C)cc1. The lowest BCUT2D eigenvalue weighted by Crippen LogP contribution is -1.99. The first kappa shape index (κ1) is 16.2. The lowest BCUT2D eigenvalue weighted by Gasteiger charge is -2.12. The first-order chi connectivity index (χ1) is 10.6. The third kappa shape index (κ3) is 3.18. The molecule has 0 saturated heterocycles. The standard InChI is InChI=1S/C17H18N2O2S/c1-4-20-13-10-14(22)17(21-5-2)16(19-18)15(13)12-8-6-11(3)7-9-12/h6-10H,4-5H2,1-3H3/p+1. The van der Waals surface area contributed by atoms with Gasteiger partial charge in [0.2, 0.25) is 11.1 Å². The van der Waals surface area contributed by atoms with Gasteiger partial charge in [0, 0.05) is 0 Å². The number of aryl methyl sites for hydroxylation is 1. The largest absolute Gasteiger partial charge is 0.493 e. The van der Waals surface area contributed by atoms with Gasteiger partial charge >= 0.3 is 5.69 Å². The van der Waals surface area contributed by atoms with Gasteiger partial charge in [0.05, 0.1) is 18.1 Å². The van der Waals surface area contributed by atoms with Crippen molar-refractivity contribution in [2.75, 3.05) is 13.2 Å². The van der Waals surface area contributed by atoms with Crippen molar-refractivity contribution in [1.82, 2.24) is 0 Å². The van der Waals surface area contributed by atoms with Crippen molar-refractivity contribution in [1.29, 1.82) is 5.39 Å². The van der Waals surface area contributed by atoms with Crippen LogP contribution in [0.25, 0.3) is 16.1 Å². The smallest absolute Gasteiger partial charge is 0.438 e. The van der Waals surface area contributed by atoms with Crippen LogP contribution in [0.5, 0.6) is 11.5 Å². The molecule has 0 bridgehead atoms. The number of diazo groups is 1. The Morgan fingerprint density at radius 2 is 1.73 bits per heavy atom. The van der Waals surface area contributed by atoms with Crippen LogP contribution in [0.3, 0.4) is 0 Å². The fourth-order valence-electron chi connectivity index (χ4n) is 2.26. The Morgan fingerprint density at radius 3 is 2.27 bits per heavy atom. The number of hydrogen-bond donors (Lipinski definition) is 1. The maximum atomic E-state index is 9.51. The van der Waals surface area contributed by atoms with Crippen LogP contribution in [0.15, 0.2) is 35.2 Å². The molecule has 0 radical (unpaired) electrons. The molecule has 0 N–H and O–H groups in total. The topological polar surface area (TPSA) is 46.6 Å². The first-order valence-electron chi connectivity index (χ1n) is 7.20. The van der Waals surface area contributed by atoms with Crippen molar-refractivity contribution in [2.45, 2.75) is 25.7 Å². The van der Waals surface area contributed by atoms with E-state index in [4.69, 9.17) is 9.47 Å². The highest BCUT2D eigenvalue weighted by Crippen LogP contribution is 2.48. The van der Waals surface area contributed by atoms with Gasteiger partial charge in [-0.2, -0.15) is 0 Å². The third-order valence-corrected chi connectivity index (χ3v) is 3.56. The van der Waals surface area contributed by atoms with Crippen LogP contribution in [0.1, 0.15) is 19.4 Å². The molecule has 0 aliphatic rings. The Balaban J connectivity index is 2.74. The maximum Gasteiger partial charge on any atom is 0.438 e. The summed E-state index contributed by atoms with van der Waals surface area (Å²) in [6, 6.07) is 9.73. The molecule has 2 aromatic rings. The van der Waals surface area contributed by atoms with Gasteiger partial charge in [0.15, 0.2) is 4.98 Å². The van der Waals surface area contributed by atoms with E-state index in [0.29, 0.717) is 40.9 Å². The minimum atomic E-state index is 0.335. The summed E-state index contributed by atoms with van der Waals surface area (Å²) in [5, 5.41) is 9.51. The molecular weight excluding hydrogens is 296 g/mol. The second-order valence-corrected chi connectivity index (χ2v) is 5.26. The molecular formula is C17H19N2O2S+. The van der Waals surface area contributed by atoms with Crippen molar-refractivity contribution in [3.05, 3.63) is 40.9 Å². The Morgan fingerprint density at radius 1 is 1.09 bits per heavy atom. The van der Waals surface area contributed by atoms with E-state index in [1.807, 2.05) is 45.0 Å². The molecule has 0 aromatic heterocycles. The molecule has 0 amide bonds. The summed E-state index contributed by atoms with van der Waals surface area (Å²) in [4.78, 5) is 4.02. The van der Waals surface area contributed by atoms with Crippen molar-refractivity contribution in [2.24, 2.45) is 0 Å². The zero-order valence-electron chi connectivity index (χ0n) is 13.0. The molecule has 5 heteroatoms. The van der Waals surface area contributed by atoms with E-state index < -0.39 is 0 Å². The summed E-state index contributed by atoms with van der Waals surface area (Å²) in [7, 11) is 0. The van der Waals surface area contributed by atoms with Crippen molar-refractivity contribution < 1.29 is 9.47 Å². The molecule has 0 spiro atoms. The number of ether oxygens (including phenoxy) is 2. The molecule has 0 atom stereocenters. The Kier molecular flexibility index (Phi) is 5.29. The lowest BCUT2D eigenvalue weighted by molar-refractivity contribution is 0.326. The zero-order chi connectivity index (χ0) is 16.1. The summed E-state index contributed by atoms with van der Waals surface area (Å²) < 4.78 is 11.3. The molecule has 0 unspecified atom stereocenters. The molecule has 0 fully saturated rings. The molecule has 0 aliphatic carbocycles. The molecule has 0 saturated carbocycles. The van der Waals surface area contributed by atoms with E-state index >= 15 is 0 Å². The fourth-order valence-corrected chi connectivity index (χ4v) is 2.55. The van der Waals surface area contributed by atoms with Gasteiger partial charge in [0.25, 0.3) is 0 Å². The van der Waals surface area contributed by atoms with Gasteiger partial charge in [-0.3, -0.25) is 0 Å². The Labute approximate surface area is 136 Å². The molecule has 114 valence electrons. The third-order valence-electron chi connectivity index (χ3n) is 3.23. The normalized spacial score (nSPS) is 10.1. The van der Waals surface area contributed by atoms with Crippen LogP contribution >= 0.6 is 12.6 Å². The van der Waals surface area contributed by atoms with Crippen molar-refractivity contribution in [3.8, 4) is 22.6 Å². The number of hydrogen-bond acceptors (Lipinski definition) is 4. The van der Waals surface area contributed by atoms with Crippen LogP contribution in [-0.2, 0) is 0 Å². The monoisotopic (exact) mass is 315 g/mol. The summed E-state index contributed by atoms with van der Waals surface area (Å²) in [5.41, 5.74) is 3.09. The van der Waals surface area contributed by atoms with Crippen molar-refractivity contribution in [3.63, 3.8) is 0 Å². The van der Waals surface area contributed by atoms with E-state index in [2.05, 4.69) is 17.6 Å². The highest BCUT2D eigenvalue weighted by atomic mass is 32.1. The predicted octanol–water partition coefficient (Wildman–Crippen LogP) is 5.23. The summed E-state index contributed by atoms with van der Waals surface area (Å²) in [6.07, 6.45) is 0. The van der Waals surface area contributed by atoms with Crippen LogP contribution in [0.4, 0.5) is 5.69 Å². The van der Waals surface area contributed by atoms with Gasteiger partial charge in [-0.25, -0.2) is 0 Å². The molecule has 0 aliphatic heterocycles. The Bertz CT molecular complexity index is 706. The number of rotatable bonds is 5. The summed E-state index contributed by atoms with van der Waals surface area (Å²) in [6.45, 7) is 6.76. The molecule has 22 heavy (non-hydrogen) atoms. The number of benzene rings is 2. The van der Waals surface area contributed by atoms with Crippen LogP contribution < -0.4 is 9.47 Å².